The minimum absolute atomic E-state index is 0.203. The Kier molecular flexibility index (Phi) is 6.11. The molecule has 3 unspecified atom stereocenters. The molecule has 3 atom stereocenters. The van der Waals surface area contributed by atoms with Gasteiger partial charge in [0.2, 0.25) is 0 Å². The first-order valence-corrected chi connectivity index (χ1v) is 7.57. The summed E-state index contributed by atoms with van der Waals surface area (Å²) < 4.78 is 5.32. The Bertz CT molecular complexity index is 286. The highest BCUT2D eigenvalue weighted by molar-refractivity contribution is 5.68. The van der Waals surface area contributed by atoms with Crippen molar-refractivity contribution >= 4 is 6.09 Å². The van der Waals surface area contributed by atoms with Crippen LogP contribution in [-0.4, -0.2) is 29.8 Å². The van der Waals surface area contributed by atoms with E-state index in [1.807, 2.05) is 20.8 Å². The normalized spacial score (nSPS) is 25.1. The van der Waals surface area contributed by atoms with Crippen molar-refractivity contribution in [1.29, 1.82) is 0 Å². The maximum absolute atomic E-state index is 11.8. The van der Waals surface area contributed by atoms with Crippen molar-refractivity contribution in [2.45, 2.75) is 90.4 Å². The molecule has 0 saturated heterocycles. The van der Waals surface area contributed by atoms with Crippen molar-refractivity contribution in [1.82, 2.24) is 10.6 Å². The Morgan fingerprint density at radius 3 is 2.53 bits per heavy atom. The van der Waals surface area contributed by atoms with E-state index < -0.39 is 5.60 Å². The van der Waals surface area contributed by atoms with Crippen molar-refractivity contribution in [2.24, 2.45) is 0 Å². The summed E-state index contributed by atoms with van der Waals surface area (Å²) in [5, 5.41) is 6.64. The predicted octanol–water partition coefficient (Wildman–Crippen LogP) is 3.21. The zero-order chi connectivity index (χ0) is 14.5. The molecule has 1 aliphatic rings. The highest BCUT2D eigenvalue weighted by atomic mass is 16.6. The molecule has 112 valence electrons. The fourth-order valence-electron chi connectivity index (χ4n) is 2.67. The Labute approximate surface area is 117 Å². The average Bonchev–Trinajstić information content (AvgIpc) is 2.62. The largest absolute Gasteiger partial charge is 0.444 e. The van der Waals surface area contributed by atoms with E-state index in [1.54, 1.807) is 0 Å². The number of hydrogen-bond acceptors (Lipinski definition) is 3. The van der Waals surface area contributed by atoms with Crippen molar-refractivity contribution in [3.63, 3.8) is 0 Å². The maximum atomic E-state index is 11.8. The Hall–Kier alpha value is -0.770. The van der Waals surface area contributed by atoms with Crippen LogP contribution in [0.5, 0.6) is 0 Å². The first-order chi connectivity index (χ1) is 8.81. The van der Waals surface area contributed by atoms with Crippen LogP contribution < -0.4 is 10.6 Å². The molecular formula is C15H30N2O2. The number of amides is 1. The number of hydrogen-bond donors (Lipinski definition) is 2. The molecule has 0 heterocycles. The molecule has 0 aromatic rings. The van der Waals surface area contributed by atoms with Crippen molar-refractivity contribution < 1.29 is 9.53 Å². The molecule has 1 saturated carbocycles. The van der Waals surface area contributed by atoms with Gasteiger partial charge < -0.3 is 15.4 Å². The van der Waals surface area contributed by atoms with Crippen LogP contribution in [0.3, 0.4) is 0 Å². The molecule has 19 heavy (non-hydrogen) atoms. The van der Waals surface area contributed by atoms with Gasteiger partial charge in [-0.2, -0.15) is 0 Å². The predicted molar refractivity (Wildman–Crippen MR) is 78.3 cm³/mol. The summed E-state index contributed by atoms with van der Waals surface area (Å²) in [6.45, 7) is 10.1. The van der Waals surface area contributed by atoms with Crippen molar-refractivity contribution in [3.8, 4) is 0 Å². The number of ether oxygens (including phenoxy) is 1. The Morgan fingerprint density at radius 2 is 1.95 bits per heavy atom. The van der Waals surface area contributed by atoms with Crippen LogP contribution in [0.15, 0.2) is 0 Å². The van der Waals surface area contributed by atoms with Gasteiger partial charge >= 0.3 is 6.09 Å². The van der Waals surface area contributed by atoms with Crippen LogP contribution in [0.25, 0.3) is 0 Å². The topological polar surface area (TPSA) is 50.4 Å². The van der Waals surface area contributed by atoms with E-state index in [4.69, 9.17) is 4.74 Å². The molecule has 1 rings (SSSR count). The minimum atomic E-state index is -0.429. The lowest BCUT2D eigenvalue weighted by Gasteiger charge is -2.27. The Morgan fingerprint density at radius 1 is 1.32 bits per heavy atom. The summed E-state index contributed by atoms with van der Waals surface area (Å²) in [5.41, 5.74) is -0.429. The third-order valence-electron chi connectivity index (χ3n) is 3.44. The smallest absolute Gasteiger partial charge is 0.407 e. The van der Waals surface area contributed by atoms with E-state index in [-0.39, 0.29) is 12.1 Å². The first-order valence-electron chi connectivity index (χ1n) is 7.57. The summed E-state index contributed by atoms with van der Waals surface area (Å²) in [4.78, 5) is 11.8. The van der Waals surface area contributed by atoms with Gasteiger partial charge in [0.15, 0.2) is 0 Å². The lowest BCUT2D eigenvalue weighted by Crippen LogP contribution is -2.50. The number of rotatable bonds is 5. The average molecular weight is 270 g/mol. The van der Waals surface area contributed by atoms with Gasteiger partial charge in [-0.3, -0.25) is 0 Å². The van der Waals surface area contributed by atoms with Crippen molar-refractivity contribution in [2.75, 3.05) is 0 Å². The van der Waals surface area contributed by atoms with Crippen LogP contribution in [-0.2, 0) is 4.74 Å². The fraction of sp³-hybridized carbons (Fsp3) is 0.933. The van der Waals surface area contributed by atoms with Gasteiger partial charge in [-0.15, -0.1) is 0 Å². The molecule has 0 spiro atoms. The fourth-order valence-corrected chi connectivity index (χ4v) is 2.67. The van der Waals surface area contributed by atoms with Crippen LogP contribution in [0.1, 0.15) is 66.7 Å². The molecule has 0 aromatic carbocycles. The van der Waals surface area contributed by atoms with Gasteiger partial charge in [0.25, 0.3) is 0 Å². The summed E-state index contributed by atoms with van der Waals surface area (Å²) in [6, 6.07) is 1.10. The van der Waals surface area contributed by atoms with E-state index in [0.717, 1.165) is 19.3 Å². The van der Waals surface area contributed by atoms with Gasteiger partial charge in [0, 0.05) is 18.1 Å². The van der Waals surface area contributed by atoms with Gasteiger partial charge in [-0.25, -0.2) is 4.79 Å². The molecule has 0 aromatic heterocycles. The SMILES string of the molecule is CCCC(C)NC1CCCC1NC(=O)OC(C)(C)C. The molecule has 0 radical (unpaired) electrons. The quantitative estimate of drug-likeness (QED) is 0.806. The van der Waals surface area contributed by atoms with E-state index in [1.165, 1.54) is 12.8 Å². The lowest BCUT2D eigenvalue weighted by atomic mass is 10.1. The standard InChI is InChI=1S/C15H30N2O2/c1-6-8-11(2)16-12-9-7-10-13(12)17-14(18)19-15(3,4)5/h11-13,16H,6-10H2,1-5H3,(H,17,18). The molecule has 0 aliphatic heterocycles. The lowest BCUT2D eigenvalue weighted by molar-refractivity contribution is 0.0497. The molecular weight excluding hydrogens is 240 g/mol. The third kappa shape index (κ3) is 6.28. The second-order valence-electron chi connectivity index (χ2n) is 6.65. The summed E-state index contributed by atoms with van der Waals surface area (Å²) in [7, 11) is 0. The first kappa shape index (κ1) is 16.3. The molecule has 2 N–H and O–H groups in total. The van der Waals surface area contributed by atoms with Crippen molar-refractivity contribution in [3.05, 3.63) is 0 Å². The molecule has 4 heteroatoms. The van der Waals surface area contributed by atoms with Crippen LogP contribution in [0, 0.1) is 0 Å². The summed E-state index contributed by atoms with van der Waals surface area (Å²) in [5.74, 6) is 0. The monoisotopic (exact) mass is 270 g/mol. The second kappa shape index (κ2) is 7.13. The zero-order valence-corrected chi connectivity index (χ0v) is 13.1. The summed E-state index contributed by atoms with van der Waals surface area (Å²) in [6.07, 6.45) is 5.40. The van der Waals surface area contributed by atoms with E-state index in [9.17, 15) is 4.79 Å². The number of alkyl carbamates (subject to hydrolysis) is 1. The number of nitrogens with one attached hydrogen (secondary N) is 2. The van der Waals surface area contributed by atoms with E-state index >= 15 is 0 Å². The summed E-state index contributed by atoms with van der Waals surface area (Å²) >= 11 is 0. The van der Waals surface area contributed by atoms with Gasteiger partial charge in [0.1, 0.15) is 5.60 Å². The molecule has 1 aliphatic carbocycles. The molecule has 4 nitrogen and oxygen atoms in total. The Balaban J connectivity index is 2.41. The van der Waals surface area contributed by atoms with Gasteiger partial charge in [-0.05, 0) is 53.4 Å². The zero-order valence-electron chi connectivity index (χ0n) is 13.1. The van der Waals surface area contributed by atoms with Crippen LogP contribution in [0.2, 0.25) is 0 Å². The highest BCUT2D eigenvalue weighted by Gasteiger charge is 2.30. The molecule has 0 bridgehead atoms. The van der Waals surface area contributed by atoms with E-state index in [2.05, 4.69) is 24.5 Å². The molecule has 1 amide bonds. The van der Waals surface area contributed by atoms with Crippen LogP contribution >= 0.6 is 0 Å². The highest BCUT2D eigenvalue weighted by Crippen LogP contribution is 2.21. The van der Waals surface area contributed by atoms with Crippen LogP contribution in [0.4, 0.5) is 4.79 Å². The maximum Gasteiger partial charge on any atom is 0.407 e. The third-order valence-corrected chi connectivity index (χ3v) is 3.44. The second-order valence-corrected chi connectivity index (χ2v) is 6.65. The molecule has 1 fully saturated rings. The van der Waals surface area contributed by atoms with Gasteiger partial charge in [-0.1, -0.05) is 13.3 Å². The van der Waals surface area contributed by atoms with E-state index in [0.29, 0.717) is 12.1 Å². The number of carbonyl (C=O) groups is 1. The number of carbonyl (C=O) groups excluding carboxylic acids is 1. The van der Waals surface area contributed by atoms with Gasteiger partial charge in [0.05, 0.1) is 0 Å². The minimum Gasteiger partial charge on any atom is -0.444 e.